The monoisotopic (exact) mass is 278 g/mol. The van der Waals surface area contributed by atoms with Gasteiger partial charge in [-0.05, 0) is 25.5 Å². The first-order valence-corrected chi connectivity index (χ1v) is 6.81. The minimum Gasteiger partial charge on any atom is -0.377 e. The van der Waals surface area contributed by atoms with Crippen molar-refractivity contribution < 1.29 is 9.53 Å². The fraction of sp³-hybridized carbons (Fsp3) is 0.571. The number of carbonyl (C=O) groups excluding carboxylic acids is 1. The van der Waals surface area contributed by atoms with E-state index >= 15 is 0 Å². The number of pyridine rings is 1. The molecule has 1 aliphatic rings. The molecule has 2 heterocycles. The van der Waals surface area contributed by atoms with E-state index in [9.17, 15) is 4.79 Å². The van der Waals surface area contributed by atoms with Crippen LogP contribution in [0.15, 0.2) is 6.07 Å². The maximum Gasteiger partial charge on any atom is 0.244 e. The minimum absolute atomic E-state index is 0.0615. The number of ether oxygens (including phenoxy) is 1. The molecule has 3 N–H and O–H groups in total. The van der Waals surface area contributed by atoms with Gasteiger partial charge < -0.3 is 20.7 Å². The molecular weight excluding hydrogens is 256 g/mol. The van der Waals surface area contributed by atoms with Crippen LogP contribution in [0.3, 0.4) is 0 Å². The van der Waals surface area contributed by atoms with E-state index in [0.717, 1.165) is 22.6 Å². The summed E-state index contributed by atoms with van der Waals surface area (Å²) in [5.74, 6) is 0.746. The molecule has 0 aromatic carbocycles. The zero-order valence-corrected chi connectivity index (χ0v) is 12.3. The van der Waals surface area contributed by atoms with Crippen LogP contribution in [0, 0.1) is 13.8 Å². The Kier molecular flexibility index (Phi) is 4.57. The number of amides is 1. The summed E-state index contributed by atoms with van der Waals surface area (Å²) in [5, 5.41) is 2.68. The summed E-state index contributed by atoms with van der Waals surface area (Å²) in [6.45, 7) is 5.99. The van der Waals surface area contributed by atoms with Crippen molar-refractivity contribution in [3.63, 3.8) is 0 Å². The van der Waals surface area contributed by atoms with Crippen LogP contribution in [0.1, 0.15) is 16.8 Å². The smallest absolute Gasteiger partial charge is 0.244 e. The molecule has 6 heteroatoms. The minimum atomic E-state index is -0.354. The van der Waals surface area contributed by atoms with Crippen LogP contribution in [-0.2, 0) is 16.1 Å². The van der Waals surface area contributed by atoms with Gasteiger partial charge in [0.15, 0.2) is 0 Å². The SMILES string of the molecule is CNC(=O)C1COCCN1c1nc(C)cc(C)c1CN. The Morgan fingerprint density at radius 3 is 3.00 bits per heavy atom. The van der Waals surface area contributed by atoms with Gasteiger partial charge in [-0.15, -0.1) is 0 Å². The fourth-order valence-corrected chi connectivity index (χ4v) is 2.57. The predicted octanol–water partition coefficient (Wildman–Crippen LogP) is 0.108. The second-order valence-electron chi connectivity index (χ2n) is 4.99. The number of morpholine rings is 1. The van der Waals surface area contributed by atoms with Crippen molar-refractivity contribution in [2.24, 2.45) is 5.73 Å². The van der Waals surface area contributed by atoms with E-state index in [4.69, 9.17) is 10.5 Å². The quantitative estimate of drug-likeness (QED) is 0.820. The Labute approximate surface area is 119 Å². The lowest BCUT2D eigenvalue weighted by molar-refractivity contribution is -0.124. The molecule has 0 saturated carbocycles. The van der Waals surface area contributed by atoms with Crippen molar-refractivity contribution in [2.75, 3.05) is 31.7 Å². The second-order valence-corrected chi connectivity index (χ2v) is 4.99. The Hall–Kier alpha value is -1.66. The topological polar surface area (TPSA) is 80.5 Å². The van der Waals surface area contributed by atoms with Crippen molar-refractivity contribution in [2.45, 2.75) is 26.4 Å². The average Bonchev–Trinajstić information content (AvgIpc) is 2.45. The van der Waals surface area contributed by atoms with E-state index in [1.165, 1.54) is 0 Å². The Morgan fingerprint density at radius 1 is 1.60 bits per heavy atom. The number of nitrogens with one attached hydrogen (secondary N) is 1. The number of anilines is 1. The van der Waals surface area contributed by atoms with E-state index in [-0.39, 0.29) is 11.9 Å². The molecule has 0 bridgehead atoms. The molecule has 1 atom stereocenters. The van der Waals surface area contributed by atoms with Crippen LogP contribution in [0.4, 0.5) is 5.82 Å². The first kappa shape index (κ1) is 14.7. The lowest BCUT2D eigenvalue weighted by atomic mass is 10.1. The molecule has 1 aromatic heterocycles. The van der Waals surface area contributed by atoms with Gasteiger partial charge >= 0.3 is 0 Å². The maximum atomic E-state index is 12.0. The molecule has 1 unspecified atom stereocenters. The summed E-state index contributed by atoms with van der Waals surface area (Å²) in [7, 11) is 1.63. The molecule has 0 radical (unpaired) electrons. The van der Waals surface area contributed by atoms with Gasteiger partial charge in [0, 0.05) is 31.4 Å². The number of carbonyl (C=O) groups is 1. The summed E-state index contributed by atoms with van der Waals surface area (Å²) in [4.78, 5) is 18.6. The molecule has 20 heavy (non-hydrogen) atoms. The number of nitrogens with two attached hydrogens (primary N) is 1. The van der Waals surface area contributed by atoms with Gasteiger partial charge in [0.2, 0.25) is 5.91 Å². The fourth-order valence-electron chi connectivity index (χ4n) is 2.57. The highest BCUT2D eigenvalue weighted by Gasteiger charge is 2.31. The summed E-state index contributed by atoms with van der Waals surface area (Å²) in [5.41, 5.74) is 8.89. The number of hydrogen-bond donors (Lipinski definition) is 2. The van der Waals surface area contributed by atoms with E-state index in [2.05, 4.69) is 10.3 Å². The molecule has 6 nitrogen and oxygen atoms in total. The van der Waals surface area contributed by atoms with Crippen molar-refractivity contribution >= 4 is 11.7 Å². The average molecular weight is 278 g/mol. The first-order valence-electron chi connectivity index (χ1n) is 6.81. The van der Waals surface area contributed by atoms with Gasteiger partial charge in [-0.25, -0.2) is 4.98 Å². The Balaban J connectivity index is 2.44. The van der Waals surface area contributed by atoms with Gasteiger partial charge in [-0.2, -0.15) is 0 Å². The number of hydrogen-bond acceptors (Lipinski definition) is 5. The molecule has 0 aliphatic carbocycles. The van der Waals surface area contributed by atoms with Crippen LogP contribution in [0.25, 0.3) is 0 Å². The van der Waals surface area contributed by atoms with Crippen LogP contribution in [0.2, 0.25) is 0 Å². The first-order chi connectivity index (χ1) is 9.58. The predicted molar refractivity (Wildman–Crippen MR) is 77.6 cm³/mol. The summed E-state index contributed by atoms with van der Waals surface area (Å²) in [6.07, 6.45) is 0. The van der Waals surface area contributed by atoms with E-state index in [1.807, 2.05) is 24.8 Å². The van der Waals surface area contributed by atoms with Gasteiger partial charge in [0.25, 0.3) is 0 Å². The normalized spacial score (nSPS) is 19.0. The van der Waals surface area contributed by atoms with Gasteiger partial charge in [-0.1, -0.05) is 0 Å². The lowest BCUT2D eigenvalue weighted by Gasteiger charge is -2.36. The third-order valence-corrected chi connectivity index (χ3v) is 3.61. The van der Waals surface area contributed by atoms with E-state index < -0.39 is 0 Å². The van der Waals surface area contributed by atoms with E-state index in [0.29, 0.717) is 26.3 Å². The van der Waals surface area contributed by atoms with Crippen molar-refractivity contribution in [1.29, 1.82) is 0 Å². The second kappa shape index (κ2) is 6.19. The van der Waals surface area contributed by atoms with Gasteiger partial charge in [0.1, 0.15) is 11.9 Å². The summed E-state index contributed by atoms with van der Waals surface area (Å²) in [6, 6.07) is 1.66. The van der Waals surface area contributed by atoms with Crippen LogP contribution < -0.4 is 16.0 Å². The number of aromatic nitrogens is 1. The Bertz CT molecular complexity index is 504. The maximum absolute atomic E-state index is 12.0. The van der Waals surface area contributed by atoms with Crippen LogP contribution in [0.5, 0.6) is 0 Å². The third-order valence-electron chi connectivity index (χ3n) is 3.61. The molecule has 1 aromatic rings. The number of nitrogens with zero attached hydrogens (tertiary/aromatic N) is 2. The van der Waals surface area contributed by atoms with Crippen LogP contribution >= 0.6 is 0 Å². The zero-order valence-electron chi connectivity index (χ0n) is 12.3. The standard InChI is InChI=1S/C14H22N4O2/c1-9-6-10(2)17-13(11(9)7-15)18-4-5-20-8-12(18)14(19)16-3/h6,12H,4-5,7-8,15H2,1-3H3,(H,16,19). The van der Waals surface area contributed by atoms with Gasteiger partial charge in [-0.3, -0.25) is 4.79 Å². The lowest BCUT2D eigenvalue weighted by Crippen LogP contribution is -2.54. The van der Waals surface area contributed by atoms with Gasteiger partial charge in [0.05, 0.1) is 13.2 Å². The van der Waals surface area contributed by atoms with Crippen LogP contribution in [-0.4, -0.2) is 43.7 Å². The van der Waals surface area contributed by atoms with Crippen molar-refractivity contribution in [3.05, 3.63) is 22.9 Å². The highest BCUT2D eigenvalue weighted by atomic mass is 16.5. The molecule has 1 saturated heterocycles. The molecule has 2 rings (SSSR count). The summed E-state index contributed by atoms with van der Waals surface area (Å²) >= 11 is 0. The molecule has 1 amide bonds. The largest absolute Gasteiger partial charge is 0.377 e. The van der Waals surface area contributed by atoms with Crippen molar-refractivity contribution in [3.8, 4) is 0 Å². The molecule has 110 valence electrons. The highest BCUT2D eigenvalue weighted by molar-refractivity contribution is 5.85. The molecule has 1 fully saturated rings. The number of rotatable bonds is 3. The third kappa shape index (κ3) is 2.76. The number of aryl methyl sites for hydroxylation is 2. The molecular formula is C14H22N4O2. The molecule has 1 aliphatic heterocycles. The van der Waals surface area contributed by atoms with Crippen molar-refractivity contribution in [1.82, 2.24) is 10.3 Å². The highest BCUT2D eigenvalue weighted by Crippen LogP contribution is 2.25. The Morgan fingerprint density at radius 2 is 2.35 bits per heavy atom. The molecule has 0 spiro atoms. The zero-order chi connectivity index (χ0) is 14.7. The van der Waals surface area contributed by atoms with E-state index in [1.54, 1.807) is 7.05 Å². The number of likely N-dealkylation sites (N-methyl/N-ethyl adjacent to an activating group) is 1. The summed E-state index contributed by atoms with van der Waals surface area (Å²) < 4.78 is 5.43.